The Kier molecular flexibility index (Phi) is 15.5. The number of hydrogen-bond acceptors (Lipinski definition) is 0. The largest absolute Gasteiger partial charge is 0.144 e. The molecule has 0 aromatic heterocycles. The van der Waals surface area contributed by atoms with Gasteiger partial charge in [-0.2, -0.15) is 0 Å². The van der Waals surface area contributed by atoms with Crippen LogP contribution >= 0.6 is 17.0 Å². The molecule has 0 amide bonds. The molecule has 4 heteroatoms. The van der Waals surface area contributed by atoms with Gasteiger partial charge in [0.25, 0.3) is 0 Å². The van der Waals surface area contributed by atoms with E-state index in [0.717, 1.165) is 9.52 Å². The Hall–Kier alpha value is -5.34. The first kappa shape index (κ1) is 42.8. The summed E-state index contributed by atoms with van der Waals surface area (Å²) in [5.74, 6) is 0. The quantitative estimate of drug-likeness (QED) is 0.115. The predicted molar refractivity (Wildman–Crippen MR) is 261 cm³/mol. The van der Waals surface area contributed by atoms with Crippen LogP contribution in [0.1, 0.15) is 0 Å². The molecule has 0 saturated heterocycles. The SMILES string of the molecule is C[Si]C.[Cl][Zr+2][Cl].c1ccc(-c2cc3c(-c4ccccc4)c(-c4ccccc4)ccc3[cH-]2)cc1.c1ccc(-c2cc3c(-c4ccccc4)c(-c4ccccc4)ccc3[cH-]2)cc1. The van der Waals surface area contributed by atoms with Gasteiger partial charge < -0.3 is 0 Å². The summed E-state index contributed by atoms with van der Waals surface area (Å²) in [6.45, 7) is 4.31. The Bertz CT molecular complexity index is 2620. The van der Waals surface area contributed by atoms with Gasteiger partial charge in [-0.15, -0.1) is 69.1 Å². The van der Waals surface area contributed by atoms with Gasteiger partial charge in [0.2, 0.25) is 0 Å². The van der Waals surface area contributed by atoms with E-state index < -0.39 is 20.8 Å². The van der Waals surface area contributed by atoms with Crippen molar-refractivity contribution in [1.82, 2.24) is 0 Å². The summed E-state index contributed by atoms with van der Waals surface area (Å²) in [6.07, 6.45) is 0. The van der Waals surface area contributed by atoms with Crippen molar-refractivity contribution in [2.45, 2.75) is 13.1 Å². The molecule has 0 atom stereocenters. The fraction of sp³-hybridized carbons (Fsp3) is 0.0357. The molecule has 0 fully saturated rings. The van der Waals surface area contributed by atoms with E-state index in [1.165, 1.54) is 88.3 Å². The van der Waals surface area contributed by atoms with Gasteiger partial charge in [-0.1, -0.05) is 218 Å². The van der Waals surface area contributed by atoms with Crippen LogP contribution in [0, 0.1) is 0 Å². The molecule has 10 aromatic carbocycles. The van der Waals surface area contributed by atoms with Gasteiger partial charge in [-0.3, -0.25) is 0 Å². The van der Waals surface area contributed by atoms with Crippen LogP contribution in [0.4, 0.5) is 0 Å². The van der Waals surface area contributed by atoms with Crippen molar-refractivity contribution in [3.63, 3.8) is 0 Å². The predicted octanol–water partition coefficient (Wildman–Crippen LogP) is 17.3. The number of fused-ring (bicyclic) bond motifs is 2. The van der Waals surface area contributed by atoms with Gasteiger partial charge in [-0.05, 0) is 44.5 Å². The Labute approximate surface area is 376 Å². The van der Waals surface area contributed by atoms with Crippen LogP contribution in [-0.4, -0.2) is 9.52 Å². The molecular formula is C56H44Cl2SiZr. The topological polar surface area (TPSA) is 0 Å². The fourth-order valence-corrected chi connectivity index (χ4v) is 7.71. The van der Waals surface area contributed by atoms with Crippen molar-refractivity contribution in [3.05, 3.63) is 231 Å². The van der Waals surface area contributed by atoms with Crippen molar-refractivity contribution in [2.75, 3.05) is 0 Å². The van der Waals surface area contributed by atoms with Crippen LogP contribution in [-0.2, 0) is 20.8 Å². The summed E-state index contributed by atoms with van der Waals surface area (Å²) in [4.78, 5) is 0. The molecule has 0 aliphatic carbocycles. The number of hydrogen-bond donors (Lipinski definition) is 0. The molecule has 10 rings (SSSR count). The first-order valence-corrected chi connectivity index (χ1v) is 28.3. The van der Waals surface area contributed by atoms with Crippen molar-refractivity contribution in [1.29, 1.82) is 0 Å². The van der Waals surface area contributed by atoms with Crippen LogP contribution in [0.3, 0.4) is 0 Å². The molecule has 0 aliphatic rings. The third-order valence-corrected chi connectivity index (χ3v) is 10.3. The maximum Gasteiger partial charge on any atom is -0.0191 e. The van der Waals surface area contributed by atoms with E-state index in [9.17, 15) is 0 Å². The van der Waals surface area contributed by atoms with Gasteiger partial charge >= 0.3 is 37.9 Å². The van der Waals surface area contributed by atoms with Crippen LogP contribution < -0.4 is 0 Å². The van der Waals surface area contributed by atoms with E-state index in [1.54, 1.807) is 0 Å². The second-order valence-electron chi connectivity index (χ2n) is 14.2. The molecule has 0 nitrogen and oxygen atoms in total. The van der Waals surface area contributed by atoms with E-state index in [-0.39, 0.29) is 0 Å². The summed E-state index contributed by atoms with van der Waals surface area (Å²) in [7, 11) is 11.0. The molecule has 10 aromatic rings. The molecule has 0 spiro atoms. The third-order valence-electron chi connectivity index (χ3n) is 10.3. The van der Waals surface area contributed by atoms with Gasteiger partial charge in [0.1, 0.15) is 0 Å². The standard InChI is InChI=1S/2C27H19.C2H6Si.2ClH.Zr/c2*1-4-10-20(11-5-1)24-18-23-16-17-25(21-12-6-2-7-13-21)27(26(23)19-24)22-14-8-3-9-15-22;1-3-2;;;/h2*1-19H;1-2H3;2*1H;/q2*-1;;;;+4/p-2. The van der Waals surface area contributed by atoms with E-state index in [2.05, 4.69) is 244 Å². The van der Waals surface area contributed by atoms with Gasteiger partial charge in [0.15, 0.2) is 0 Å². The molecular weight excluding hydrogens is 863 g/mol. The molecule has 60 heavy (non-hydrogen) atoms. The average molecular weight is 907 g/mol. The Morgan fingerprint density at radius 3 is 0.883 bits per heavy atom. The van der Waals surface area contributed by atoms with E-state index >= 15 is 0 Å². The third kappa shape index (κ3) is 10.3. The molecule has 0 aliphatic heterocycles. The number of rotatable bonds is 6. The molecule has 0 heterocycles. The van der Waals surface area contributed by atoms with Crippen LogP contribution in [0.5, 0.6) is 0 Å². The van der Waals surface area contributed by atoms with E-state index in [1.807, 2.05) is 0 Å². The fourth-order valence-electron chi connectivity index (χ4n) is 7.71. The average Bonchev–Trinajstić information content (AvgIpc) is 3.96. The van der Waals surface area contributed by atoms with Crippen LogP contribution in [0.15, 0.2) is 231 Å². The summed E-state index contributed by atoms with van der Waals surface area (Å²) in [5, 5.41) is 5.18. The number of benzene rings is 8. The van der Waals surface area contributed by atoms with Crippen molar-refractivity contribution in [2.24, 2.45) is 0 Å². The second-order valence-corrected chi connectivity index (χ2v) is 19.0. The smallest absolute Gasteiger partial charge is 0.0191 e. The number of halogens is 2. The Balaban J connectivity index is 0.000000161. The summed E-state index contributed by atoms with van der Waals surface area (Å²) in [6, 6.07) is 82.2. The van der Waals surface area contributed by atoms with Crippen LogP contribution in [0.25, 0.3) is 88.3 Å². The zero-order chi connectivity index (χ0) is 41.5. The van der Waals surface area contributed by atoms with E-state index in [4.69, 9.17) is 17.0 Å². The molecule has 0 saturated carbocycles. The van der Waals surface area contributed by atoms with Crippen molar-refractivity contribution in [3.8, 4) is 66.8 Å². The minimum Gasteiger partial charge on any atom is -0.144 e. The zero-order valence-electron chi connectivity index (χ0n) is 33.7. The molecule has 2 radical (unpaired) electrons. The first-order chi connectivity index (χ1) is 29.6. The normalized spacial score (nSPS) is 10.3. The van der Waals surface area contributed by atoms with Crippen molar-refractivity contribution >= 4 is 48.1 Å². The monoisotopic (exact) mass is 904 g/mol. The van der Waals surface area contributed by atoms with Gasteiger partial charge in [-0.25, -0.2) is 0 Å². The first-order valence-electron chi connectivity index (χ1n) is 20.0. The van der Waals surface area contributed by atoms with Gasteiger partial charge in [0, 0.05) is 9.52 Å². The Morgan fingerprint density at radius 1 is 0.350 bits per heavy atom. The molecule has 290 valence electrons. The summed E-state index contributed by atoms with van der Waals surface area (Å²) < 4.78 is 0. The second kappa shape index (κ2) is 21.8. The van der Waals surface area contributed by atoms with Crippen LogP contribution in [0.2, 0.25) is 13.1 Å². The zero-order valence-corrected chi connectivity index (χ0v) is 38.7. The summed E-state index contributed by atoms with van der Waals surface area (Å²) >= 11 is -0.826. The minimum absolute atomic E-state index is 0.826. The molecule has 0 bridgehead atoms. The maximum atomic E-state index is 4.93. The summed E-state index contributed by atoms with van der Waals surface area (Å²) in [5.41, 5.74) is 15.2. The Morgan fingerprint density at radius 2 is 0.600 bits per heavy atom. The van der Waals surface area contributed by atoms with Gasteiger partial charge in [0.05, 0.1) is 0 Å². The minimum atomic E-state index is -0.826. The van der Waals surface area contributed by atoms with Crippen molar-refractivity contribution < 1.29 is 20.8 Å². The molecule has 0 N–H and O–H groups in total. The molecule has 0 unspecified atom stereocenters. The maximum absolute atomic E-state index is 4.93. The van der Waals surface area contributed by atoms with E-state index in [0.29, 0.717) is 0 Å².